The summed E-state index contributed by atoms with van der Waals surface area (Å²) in [7, 11) is 1.58. The van der Waals surface area contributed by atoms with Crippen molar-refractivity contribution in [3.8, 4) is 5.75 Å². The van der Waals surface area contributed by atoms with E-state index in [1.165, 1.54) is 0 Å². The molecule has 0 unspecified atom stereocenters. The molecule has 0 aliphatic heterocycles. The number of carbonyl (C=O) groups is 1. The average molecular weight is 314 g/mol. The van der Waals surface area contributed by atoms with E-state index in [0.29, 0.717) is 23.2 Å². The molecule has 0 spiro atoms. The SMILES string of the molecule is COc1cccc(NC(=O)c2ccc(NCCC(C)C)nn2)c1. The first-order valence-electron chi connectivity index (χ1n) is 7.61. The number of hydrogen-bond acceptors (Lipinski definition) is 5. The molecule has 0 aliphatic carbocycles. The summed E-state index contributed by atoms with van der Waals surface area (Å²) in [5.41, 5.74) is 0.914. The molecule has 0 bridgehead atoms. The number of nitrogens with zero attached hydrogens (tertiary/aromatic N) is 2. The van der Waals surface area contributed by atoms with Crippen LogP contribution in [0.25, 0.3) is 0 Å². The number of amides is 1. The Labute approximate surface area is 136 Å². The van der Waals surface area contributed by atoms with Crippen LogP contribution in [0.3, 0.4) is 0 Å². The van der Waals surface area contributed by atoms with Gasteiger partial charge in [-0.05, 0) is 36.6 Å². The van der Waals surface area contributed by atoms with E-state index < -0.39 is 0 Å². The van der Waals surface area contributed by atoms with Gasteiger partial charge in [-0.25, -0.2) is 0 Å². The first kappa shape index (κ1) is 16.7. The summed E-state index contributed by atoms with van der Waals surface area (Å²) in [4.78, 5) is 12.2. The summed E-state index contributed by atoms with van der Waals surface area (Å²) >= 11 is 0. The summed E-state index contributed by atoms with van der Waals surface area (Å²) in [6, 6.07) is 10.6. The van der Waals surface area contributed by atoms with Gasteiger partial charge in [0.25, 0.3) is 5.91 Å². The Kier molecular flexibility index (Phi) is 5.91. The van der Waals surface area contributed by atoms with Crippen LogP contribution in [-0.2, 0) is 0 Å². The maximum absolute atomic E-state index is 12.2. The van der Waals surface area contributed by atoms with E-state index in [1.807, 2.05) is 12.1 Å². The van der Waals surface area contributed by atoms with Crippen molar-refractivity contribution < 1.29 is 9.53 Å². The molecule has 2 rings (SSSR count). The number of nitrogens with one attached hydrogen (secondary N) is 2. The minimum absolute atomic E-state index is 0.266. The highest BCUT2D eigenvalue weighted by Crippen LogP contribution is 2.17. The molecule has 23 heavy (non-hydrogen) atoms. The van der Waals surface area contributed by atoms with Crippen LogP contribution < -0.4 is 15.4 Å². The normalized spacial score (nSPS) is 10.4. The van der Waals surface area contributed by atoms with Crippen LogP contribution in [-0.4, -0.2) is 29.8 Å². The van der Waals surface area contributed by atoms with Gasteiger partial charge in [0, 0.05) is 18.3 Å². The highest BCUT2D eigenvalue weighted by atomic mass is 16.5. The van der Waals surface area contributed by atoms with Crippen molar-refractivity contribution in [2.24, 2.45) is 5.92 Å². The minimum atomic E-state index is -0.306. The van der Waals surface area contributed by atoms with Gasteiger partial charge in [-0.1, -0.05) is 19.9 Å². The maximum atomic E-state index is 12.2. The summed E-state index contributed by atoms with van der Waals surface area (Å²) < 4.78 is 5.12. The molecule has 2 aromatic rings. The van der Waals surface area contributed by atoms with E-state index in [9.17, 15) is 4.79 Å². The van der Waals surface area contributed by atoms with Gasteiger partial charge in [0.15, 0.2) is 5.69 Å². The van der Waals surface area contributed by atoms with Crippen LogP contribution in [0.2, 0.25) is 0 Å². The Morgan fingerprint density at radius 2 is 2.04 bits per heavy atom. The van der Waals surface area contributed by atoms with Crippen molar-refractivity contribution in [3.63, 3.8) is 0 Å². The molecule has 122 valence electrons. The predicted octanol–water partition coefficient (Wildman–Crippen LogP) is 3.20. The summed E-state index contributed by atoms with van der Waals surface area (Å²) in [6.07, 6.45) is 1.06. The monoisotopic (exact) mass is 314 g/mol. The zero-order valence-electron chi connectivity index (χ0n) is 13.7. The Bertz CT molecular complexity index is 641. The lowest BCUT2D eigenvalue weighted by atomic mass is 10.1. The first-order chi connectivity index (χ1) is 11.1. The molecule has 6 nitrogen and oxygen atoms in total. The molecular formula is C17H22N4O2. The van der Waals surface area contributed by atoms with Crippen LogP contribution in [0.4, 0.5) is 11.5 Å². The maximum Gasteiger partial charge on any atom is 0.276 e. The molecule has 1 aromatic carbocycles. The Morgan fingerprint density at radius 1 is 1.22 bits per heavy atom. The number of rotatable bonds is 7. The van der Waals surface area contributed by atoms with E-state index in [1.54, 1.807) is 31.4 Å². The van der Waals surface area contributed by atoms with Crippen molar-refractivity contribution in [1.82, 2.24) is 10.2 Å². The first-order valence-corrected chi connectivity index (χ1v) is 7.61. The fourth-order valence-corrected chi connectivity index (χ4v) is 1.93. The Hall–Kier alpha value is -2.63. The third-order valence-corrected chi connectivity index (χ3v) is 3.25. The largest absolute Gasteiger partial charge is 0.497 e. The van der Waals surface area contributed by atoms with E-state index >= 15 is 0 Å². The van der Waals surface area contributed by atoms with Crippen LogP contribution in [0.15, 0.2) is 36.4 Å². The number of aromatic nitrogens is 2. The van der Waals surface area contributed by atoms with Crippen LogP contribution in [0.5, 0.6) is 5.75 Å². The minimum Gasteiger partial charge on any atom is -0.497 e. The molecular weight excluding hydrogens is 292 g/mol. The molecule has 1 heterocycles. The number of hydrogen-bond donors (Lipinski definition) is 2. The molecule has 1 aromatic heterocycles. The smallest absolute Gasteiger partial charge is 0.276 e. The van der Waals surface area contributed by atoms with E-state index in [-0.39, 0.29) is 11.6 Å². The van der Waals surface area contributed by atoms with Gasteiger partial charge >= 0.3 is 0 Å². The third kappa shape index (κ3) is 5.25. The van der Waals surface area contributed by atoms with Crippen molar-refractivity contribution in [1.29, 1.82) is 0 Å². The second kappa shape index (κ2) is 8.12. The van der Waals surface area contributed by atoms with Crippen LogP contribution in [0, 0.1) is 5.92 Å². The van der Waals surface area contributed by atoms with Crippen molar-refractivity contribution in [2.75, 3.05) is 24.3 Å². The van der Waals surface area contributed by atoms with Crippen molar-refractivity contribution in [3.05, 3.63) is 42.1 Å². The lowest BCUT2D eigenvalue weighted by Crippen LogP contribution is -2.15. The molecule has 6 heteroatoms. The standard InChI is InChI=1S/C17H22N4O2/c1-12(2)9-10-18-16-8-7-15(20-21-16)17(22)19-13-5-4-6-14(11-13)23-3/h4-8,11-12H,9-10H2,1-3H3,(H,18,21)(H,19,22). The molecule has 0 fully saturated rings. The third-order valence-electron chi connectivity index (χ3n) is 3.25. The van der Waals surface area contributed by atoms with E-state index in [0.717, 1.165) is 13.0 Å². The number of ether oxygens (including phenoxy) is 1. The summed E-state index contributed by atoms with van der Waals surface area (Å²) in [6.45, 7) is 5.17. The molecule has 0 atom stereocenters. The molecule has 0 saturated heterocycles. The topological polar surface area (TPSA) is 76.1 Å². The average Bonchev–Trinajstić information content (AvgIpc) is 2.55. The molecule has 0 radical (unpaired) electrons. The quantitative estimate of drug-likeness (QED) is 0.821. The van der Waals surface area contributed by atoms with E-state index in [2.05, 4.69) is 34.7 Å². The lowest BCUT2D eigenvalue weighted by molar-refractivity contribution is 0.102. The number of benzene rings is 1. The van der Waals surface area contributed by atoms with Crippen molar-refractivity contribution in [2.45, 2.75) is 20.3 Å². The van der Waals surface area contributed by atoms with E-state index in [4.69, 9.17) is 4.74 Å². The lowest BCUT2D eigenvalue weighted by Gasteiger charge is -2.08. The molecule has 2 N–H and O–H groups in total. The van der Waals surface area contributed by atoms with Gasteiger partial charge in [0.2, 0.25) is 0 Å². The number of carbonyl (C=O) groups excluding carboxylic acids is 1. The second-order valence-electron chi connectivity index (χ2n) is 5.60. The van der Waals surface area contributed by atoms with Gasteiger partial charge < -0.3 is 15.4 Å². The Morgan fingerprint density at radius 3 is 2.70 bits per heavy atom. The fourth-order valence-electron chi connectivity index (χ4n) is 1.93. The van der Waals surface area contributed by atoms with Gasteiger partial charge in [0.1, 0.15) is 11.6 Å². The zero-order chi connectivity index (χ0) is 16.7. The summed E-state index contributed by atoms with van der Waals surface area (Å²) in [5, 5.41) is 13.9. The predicted molar refractivity (Wildman–Crippen MR) is 90.9 cm³/mol. The van der Waals surface area contributed by atoms with Gasteiger partial charge in [-0.3, -0.25) is 4.79 Å². The fraction of sp³-hybridized carbons (Fsp3) is 0.353. The van der Waals surface area contributed by atoms with Gasteiger partial charge in [-0.15, -0.1) is 10.2 Å². The van der Waals surface area contributed by atoms with Crippen LogP contribution >= 0.6 is 0 Å². The van der Waals surface area contributed by atoms with Crippen molar-refractivity contribution >= 4 is 17.4 Å². The highest BCUT2D eigenvalue weighted by molar-refractivity contribution is 6.02. The Balaban J connectivity index is 1.94. The molecule has 0 aliphatic rings. The number of anilines is 2. The second-order valence-corrected chi connectivity index (χ2v) is 5.60. The zero-order valence-corrected chi connectivity index (χ0v) is 13.7. The summed E-state index contributed by atoms with van der Waals surface area (Å²) in [5.74, 6) is 1.67. The van der Waals surface area contributed by atoms with Gasteiger partial charge in [-0.2, -0.15) is 0 Å². The molecule has 1 amide bonds. The van der Waals surface area contributed by atoms with Gasteiger partial charge in [0.05, 0.1) is 7.11 Å². The molecule has 0 saturated carbocycles. The number of methoxy groups -OCH3 is 1. The highest BCUT2D eigenvalue weighted by Gasteiger charge is 2.09. The van der Waals surface area contributed by atoms with Crippen LogP contribution in [0.1, 0.15) is 30.8 Å².